The summed E-state index contributed by atoms with van der Waals surface area (Å²) in [4.78, 5) is 39.6. The SMILES string of the molecule is CCN1CCCC1CNC(=O)Cn1c(=O)c(=O)n(CC)c2ccccc21. The van der Waals surface area contributed by atoms with E-state index in [-0.39, 0.29) is 12.5 Å². The van der Waals surface area contributed by atoms with E-state index in [2.05, 4.69) is 17.1 Å². The number of fused-ring (bicyclic) bond motifs is 1. The van der Waals surface area contributed by atoms with E-state index in [0.29, 0.717) is 30.2 Å². The molecule has 1 N–H and O–H groups in total. The van der Waals surface area contributed by atoms with Crippen LogP contribution in [0, 0.1) is 0 Å². The van der Waals surface area contributed by atoms with Gasteiger partial charge in [0.25, 0.3) is 0 Å². The molecule has 2 heterocycles. The van der Waals surface area contributed by atoms with Crippen molar-refractivity contribution in [2.75, 3.05) is 19.6 Å². The van der Waals surface area contributed by atoms with Crippen LogP contribution >= 0.6 is 0 Å². The lowest BCUT2D eigenvalue weighted by Crippen LogP contribution is -2.45. The molecule has 1 fully saturated rings. The lowest BCUT2D eigenvalue weighted by Gasteiger charge is -2.23. The first kappa shape index (κ1) is 18.4. The number of likely N-dealkylation sites (N-methyl/N-ethyl adjacent to an activating group) is 1. The van der Waals surface area contributed by atoms with Crippen LogP contribution in [0.15, 0.2) is 33.9 Å². The van der Waals surface area contributed by atoms with Crippen LogP contribution in [0.3, 0.4) is 0 Å². The van der Waals surface area contributed by atoms with Crippen LogP contribution in [-0.2, 0) is 17.9 Å². The first-order chi connectivity index (χ1) is 12.6. The Morgan fingerprint density at radius 2 is 1.73 bits per heavy atom. The molecule has 1 aromatic heterocycles. The predicted molar refractivity (Wildman–Crippen MR) is 101 cm³/mol. The van der Waals surface area contributed by atoms with Crippen molar-refractivity contribution in [3.63, 3.8) is 0 Å². The normalized spacial score (nSPS) is 17.7. The zero-order chi connectivity index (χ0) is 18.7. The van der Waals surface area contributed by atoms with Crippen LogP contribution in [0.25, 0.3) is 11.0 Å². The van der Waals surface area contributed by atoms with Crippen molar-refractivity contribution >= 4 is 16.9 Å². The number of likely N-dealkylation sites (tertiary alicyclic amines) is 1. The van der Waals surface area contributed by atoms with E-state index in [9.17, 15) is 14.4 Å². The van der Waals surface area contributed by atoms with Gasteiger partial charge >= 0.3 is 11.1 Å². The third-order valence-electron chi connectivity index (χ3n) is 5.19. The molecule has 1 saturated heterocycles. The molecule has 0 saturated carbocycles. The zero-order valence-corrected chi connectivity index (χ0v) is 15.4. The molecule has 7 nitrogen and oxygen atoms in total. The van der Waals surface area contributed by atoms with E-state index in [4.69, 9.17) is 0 Å². The van der Waals surface area contributed by atoms with Gasteiger partial charge in [-0.1, -0.05) is 19.1 Å². The molecule has 1 amide bonds. The Kier molecular flexibility index (Phi) is 5.56. The van der Waals surface area contributed by atoms with Crippen molar-refractivity contribution in [3.8, 4) is 0 Å². The van der Waals surface area contributed by atoms with Crippen LogP contribution in [0.2, 0.25) is 0 Å². The Morgan fingerprint density at radius 3 is 2.38 bits per heavy atom. The first-order valence-electron chi connectivity index (χ1n) is 9.30. The predicted octanol–water partition coefficient (Wildman–Crippen LogP) is 0.784. The summed E-state index contributed by atoms with van der Waals surface area (Å²) < 4.78 is 2.73. The Balaban J connectivity index is 1.82. The third-order valence-corrected chi connectivity index (χ3v) is 5.19. The fourth-order valence-corrected chi connectivity index (χ4v) is 3.82. The summed E-state index contributed by atoms with van der Waals surface area (Å²) >= 11 is 0. The number of carbonyl (C=O) groups is 1. The maximum atomic E-state index is 12.5. The first-order valence-corrected chi connectivity index (χ1v) is 9.30. The number of rotatable bonds is 6. The molecule has 0 aliphatic carbocycles. The number of aromatic nitrogens is 2. The van der Waals surface area contributed by atoms with E-state index in [1.165, 1.54) is 9.13 Å². The van der Waals surface area contributed by atoms with Crippen LogP contribution in [0.5, 0.6) is 0 Å². The summed E-state index contributed by atoms with van der Waals surface area (Å²) in [6.45, 7) is 6.83. The lowest BCUT2D eigenvalue weighted by molar-refractivity contribution is -0.121. The molecule has 1 aliphatic rings. The number of carbonyl (C=O) groups excluding carboxylic acids is 1. The van der Waals surface area contributed by atoms with Crippen molar-refractivity contribution in [3.05, 3.63) is 45.0 Å². The largest absolute Gasteiger partial charge is 0.353 e. The number of nitrogens with zero attached hydrogens (tertiary/aromatic N) is 3. The molecule has 1 unspecified atom stereocenters. The Bertz CT molecular complexity index is 915. The number of benzene rings is 1. The summed E-state index contributed by atoms with van der Waals surface area (Å²) in [7, 11) is 0. The molecule has 0 spiro atoms. The highest BCUT2D eigenvalue weighted by molar-refractivity contribution is 5.80. The number of hydrogen-bond donors (Lipinski definition) is 1. The standard InChI is InChI=1S/C19H26N4O3/c1-3-21-11-7-8-14(21)12-20-17(24)13-23-16-10-6-5-9-15(16)22(4-2)18(25)19(23)26/h5-6,9-10,14H,3-4,7-8,11-13H2,1-2H3,(H,20,24). The fourth-order valence-electron chi connectivity index (χ4n) is 3.82. The van der Waals surface area contributed by atoms with Crippen molar-refractivity contribution in [2.45, 2.75) is 45.8 Å². The average Bonchev–Trinajstić information content (AvgIpc) is 3.12. The second-order valence-corrected chi connectivity index (χ2v) is 6.66. The highest BCUT2D eigenvalue weighted by Gasteiger charge is 2.23. The second-order valence-electron chi connectivity index (χ2n) is 6.66. The smallest absolute Gasteiger partial charge is 0.317 e. The number of para-hydroxylation sites is 2. The van der Waals surface area contributed by atoms with Crippen molar-refractivity contribution in [1.82, 2.24) is 19.4 Å². The Morgan fingerprint density at radius 1 is 1.08 bits per heavy atom. The van der Waals surface area contributed by atoms with Gasteiger partial charge in [0.05, 0.1) is 11.0 Å². The maximum Gasteiger partial charge on any atom is 0.317 e. The minimum Gasteiger partial charge on any atom is -0.353 e. The Hall–Kier alpha value is -2.41. The summed E-state index contributed by atoms with van der Waals surface area (Å²) in [6, 6.07) is 7.54. The van der Waals surface area contributed by atoms with E-state index in [1.807, 2.05) is 13.0 Å². The molecule has 140 valence electrons. The zero-order valence-electron chi connectivity index (χ0n) is 15.4. The minimum absolute atomic E-state index is 0.141. The van der Waals surface area contributed by atoms with Crippen molar-refractivity contribution in [1.29, 1.82) is 0 Å². The van der Waals surface area contributed by atoms with E-state index >= 15 is 0 Å². The number of aryl methyl sites for hydroxylation is 1. The maximum absolute atomic E-state index is 12.5. The van der Waals surface area contributed by atoms with Gasteiger partial charge in [0.1, 0.15) is 6.54 Å². The molecular weight excluding hydrogens is 332 g/mol. The van der Waals surface area contributed by atoms with Gasteiger partial charge in [0, 0.05) is 19.1 Å². The van der Waals surface area contributed by atoms with Crippen LogP contribution in [0.1, 0.15) is 26.7 Å². The molecule has 1 aromatic carbocycles. The number of hydrogen-bond acceptors (Lipinski definition) is 4. The van der Waals surface area contributed by atoms with Gasteiger partial charge in [0.2, 0.25) is 5.91 Å². The molecule has 1 atom stereocenters. The molecule has 7 heteroatoms. The minimum atomic E-state index is -0.656. The van der Waals surface area contributed by atoms with Crippen molar-refractivity contribution < 1.29 is 4.79 Å². The number of amides is 1. The molecule has 0 radical (unpaired) electrons. The molecule has 1 aliphatic heterocycles. The number of nitrogens with one attached hydrogen (secondary N) is 1. The monoisotopic (exact) mass is 358 g/mol. The quantitative estimate of drug-likeness (QED) is 0.775. The molecular formula is C19H26N4O3. The highest BCUT2D eigenvalue weighted by Crippen LogP contribution is 2.15. The van der Waals surface area contributed by atoms with E-state index in [0.717, 1.165) is 25.9 Å². The van der Waals surface area contributed by atoms with Gasteiger partial charge in [0.15, 0.2) is 0 Å². The van der Waals surface area contributed by atoms with Gasteiger partial charge in [-0.3, -0.25) is 23.9 Å². The summed E-state index contributed by atoms with van der Waals surface area (Å²) in [5.41, 5.74) is 0.0224. The molecule has 26 heavy (non-hydrogen) atoms. The van der Waals surface area contributed by atoms with E-state index < -0.39 is 11.1 Å². The van der Waals surface area contributed by atoms with Crippen LogP contribution in [-0.4, -0.2) is 45.6 Å². The van der Waals surface area contributed by atoms with Gasteiger partial charge in [-0.15, -0.1) is 0 Å². The summed E-state index contributed by atoms with van der Waals surface area (Å²) in [5.74, 6) is -0.242. The Labute approximate surface area is 152 Å². The molecule has 3 rings (SSSR count). The summed E-state index contributed by atoms with van der Waals surface area (Å²) in [6.07, 6.45) is 2.22. The average molecular weight is 358 g/mol. The summed E-state index contributed by atoms with van der Waals surface area (Å²) in [5, 5.41) is 2.93. The molecule has 2 aromatic rings. The van der Waals surface area contributed by atoms with Crippen LogP contribution < -0.4 is 16.4 Å². The van der Waals surface area contributed by atoms with Gasteiger partial charge < -0.3 is 9.88 Å². The highest BCUT2D eigenvalue weighted by atomic mass is 16.2. The fraction of sp³-hybridized carbons (Fsp3) is 0.526. The topological polar surface area (TPSA) is 76.3 Å². The van der Waals surface area contributed by atoms with Crippen molar-refractivity contribution in [2.24, 2.45) is 0 Å². The third kappa shape index (κ3) is 3.44. The molecule has 0 bridgehead atoms. The van der Waals surface area contributed by atoms with Gasteiger partial charge in [-0.25, -0.2) is 0 Å². The van der Waals surface area contributed by atoms with Crippen LogP contribution in [0.4, 0.5) is 0 Å². The van der Waals surface area contributed by atoms with E-state index in [1.54, 1.807) is 18.2 Å². The second kappa shape index (κ2) is 7.86. The van der Waals surface area contributed by atoms with Gasteiger partial charge in [-0.05, 0) is 45.0 Å². The van der Waals surface area contributed by atoms with Gasteiger partial charge in [-0.2, -0.15) is 0 Å². The lowest BCUT2D eigenvalue weighted by atomic mass is 10.2.